The van der Waals surface area contributed by atoms with Crippen molar-refractivity contribution < 1.29 is 14.7 Å². The van der Waals surface area contributed by atoms with Gasteiger partial charge in [0, 0.05) is 18.4 Å². The molecular formula is C15H21N3O3. The Morgan fingerprint density at radius 2 is 2.24 bits per heavy atom. The highest BCUT2D eigenvalue weighted by molar-refractivity contribution is 5.99. The average molecular weight is 291 g/mol. The van der Waals surface area contributed by atoms with Gasteiger partial charge in [-0.2, -0.15) is 0 Å². The third-order valence-electron chi connectivity index (χ3n) is 4.10. The Hall–Kier alpha value is -2.08. The number of anilines is 1. The van der Waals surface area contributed by atoms with Crippen LogP contribution < -0.4 is 11.1 Å². The number of hydrogen-bond donors (Lipinski definition) is 3. The van der Waals surface area contributed by atoms with Gasteiger partial charge in [0.1, 0.15) is 0 Å². The number of rotatable bonds is 5. The van der Waals surface area contributed by atoms with Crippen LogP contribution in [-0.4, -0.2) is 29.7 Å². The van der Waals surface area contributed by atoms with Crippen LogP contribution in [0.3, 0.4) is 0 Å². The summed E-state index contributed by atoms with van der Waals surface area (Å²) in [7, 11) is 1.65. The number of carbonyl (C=O) groups excluding carboxylic acids is 1. The topological polar surface area (TPSA) is 96.9 Å². The lowest BCUT2D eigenvalue weighted by Crippen LogP contribution is -2.42. The summed E-state index contributed by atoms with van der Waals surface area (Å²) in [5.41, 5.74) is 7.40. The van der Waals surface area contributed by atoms with Crippen LogP contribution in [0.1, 0.15) is 36.8 Å². The van der Waals surface area contributed by atoms with E-state index >= 15 is 0 Å². The molecule has 6 heteroatoms. The Morgan fingerprint density at radius 1 is 1.52 bits per heavy atom. The van der Waals surface area contributed by atoms with Crippen molar-refractivity contribution in [2.75, 3.05) is 12.4 Å². The van der Waals surface area contributed by atoms with Crippen molar-refractivity contribution >= 4 is 17.4 Å². The number of amidine groups is 1. The minimum Gasteiger partial charge on any atom is -0.409 e. The molecule has 1 amide bonds. The van der Waals surface area contributed by atoms with Crippen molar-refractivity contribution in [2.24, 2.45) is 10.9 Å². The molecule has 2 rings (SSSR count). The number of carbonyl (C=O) groups is 1. The molecule has 1 fully saturated rings. The molecule has 1 aromatic carbocycles. The molecule has 0 bridgehead atoms. The Labute approximate surface area is 124 Å². The number of nitrogens with two attached hydrogens (primary N) is 1. The van der Waals surface area contributed by atoms with Crippen LogP contribution in [0.4, 0.5) is 5.69 Å². The molecule has 0 aromatic heterocycles. The van der Waals surface area contributed by atoms with Crippen LogP contribution in [-0.2, 0) is 9.53 Å². The summed E-state index contributed by atoms with van der Waals surface area (Å²) in [6, 6.07) is 5.25. The number of benzene rings is 1. The first kappa shape index (κ1) is 15.3. The average Bonchev–Trinajstić information content (AvgIpc) is 2.44. The number of aryl methyl sites for hydroxylation is 1. The molecule has 6 nitrogen and oxygen atoms in total. The molecule has 21 heavy (non-hydrogen) atoms. The van der Waals surface area contributed by atoms with E-state index in [4.69, 9.17) is 15.7 Å². The Balaban J connectivity index is 2.10. The zero-order valence-electron chi connectivity index (χ0n) is 12.3. The number of nitrogens with zero attached hydrogens (tertiary/aromatic N) is 1. The predicted octanol–water partition coefficient (Wildman–Crippen LogP) is 1.99. The quantitative estimate of drug-likeness (QED) is 0.334. The smallest absolute Gasteiger partial charge is 0.227 e. The summed E-state index contributed by atoms with van der Waals surface area (Å²) in [6.07, 6.45) is 3.27. The fraction of sp³-hybridized carbons (Fsp3) is 0.467. The standard InChI is InChI=1S/C15H21N3O3/c1-10-4-5-11(14(16)18-20)8-12(10)17-13(19)9-15(21-2)6-3-7-15/h4-5,8,20H,3,6-7,9H2,1-2H3,(H2,16,18)(H,17,19). The molecule has 1 aliphatic carbocycles. The van der Waals surface area contributed by atoms with Gasteiger partial charge in [0.15, 0.2) is 5.84 Å². The number of hydrogen-bond acceptors (Lipinski definition) is 4. The zero-order chi connectivity index (χ0) is 15.5. The number of amides is 1. The van der Waals surface area contributed by atoms with Gasteiger partial charge in [0.25, 0.3) is 0 Å². The van der Waals surface area contributed by atoms with Gasteiger partial charge < -0.3 is 21.0 Å². The van der Waals surface area contributed by atoms with Crippen molar-refractivity contribution in [3.05, 3.63) is 29.3 Å². The summed E-state index contributed by atoms with van der Waals surface area (Å²) in [4.78, 5) is 12.2. The zero-order valence-corrected chi connectivity index (χ0v) is 12.3. The van der Waals surface area contributed by atoms with Gasteiger partial charge >= 0.3 is 0 Å². The van der Waals surface area contributed by atoms with Crippen LogP contribution >= 0.6 is 0 Å². The summed E-state index contributed by atoms with van der Waals surface area (Å²) in [6.45, 7) is 1.89. The molecule has 0 heterocycles. The fourth-order valence-electron chi connectivity index (χ4n) is 2.48. The molecule has 0 aliphatic heterocycles. The maximum absolute atomic E-state index is 12.2. The second-order valence-electron chi connectivity index (χ2n) is 5.48. The Bertz CT molecular complexity index is 560. The number of nitrogens with one attached hydrogen (secondary N) is 1. The molecular weight excluding hydrogens is 270 g/mol. The van der Waals surface area contributed by atoms with Gasteiger partial charge in [-0.3, -0.25) is 4.79 Å². The van der Waals surface area contributed by atoms with Gasteiger partial charge in [-0.25, -0.2) is 0 Å². The third-order valence-corrected chi connectivity index (χ3v) is 4.10. The van der Waals surface area contributed by atoms with Crippen molar-refractivity contribution in [1.29, 1.82) is 0 Å². The van der Waals surface area contributed by atoms with Crippen LogP contribution in [0.5, 0.6) is 0 Å². The molecule has 4 N–H and O–H groups in total. The molecule has 1 saturated carbocycles. The summed E-state index contributed by atoms with van der Waals surface area (Å²) in [5.74, 6) is -0.0748. The number of oxime groups is 1. The lowest BCUT2D eigenvalue weighted by Gasteiger charge is -2.39. The van der Waals surface area contributed by atoms with E-state index in [1.807, 2.05) is 13.0 Å². The van der Waals surface area contributed by atoms with Gasteiger partial charge in [-0.15, -0.1) is 0 Å². The van der Waals surface area contributed by atoms with Crippen molar-refractivity contribution in [1.82, 2.24) is 0 Å². The summed E-state index contributed by atoms with van der Waals surface area (Å²) < 4.78 is 5.46. The third kappa shape index (κ3) is 3.33. The van der Waals surface area contributed by atoms with Gasteiger partial charge in [-0.05, 0) is 37.8 Å². The molecule has 0 unspecified atom stereocenters. The normalized spacial score (nSPS) is 17.1. The van der Waals surface area contributed by atoms with Crippen LogP contribution in [0.2, 0.25) is 0 Å². The molecule has 0 radical (unpaired) electrons. The maximum Gasteiger partial charge on any atom is 0.227 e. The van der Waals surface area contributed by atoms with Crippen LogP contribution in [0.15, 0.2) is 23.4 Å². The second-order valence-corrected chi connectivity index (χ2v) is 5.48. The van der Waals surface area contributed by atoms with Crippen LogP contribution in [0.25, 0.3) is 0 Å². The fourth-order valence-corrected chi connectivity index (χ4v) is 2.48. The molecule has 0 spiro atoms. The maximum atomic E-state index is 12.2. The largest absolute Gasteiger partial charge is 0.409 e. The van der Waals surface area contributed by atoms with Gasteiger partial charge in [-0.1, -0.05) is 17.3 Å². The van der Waals surface area contributed by atoms with Crippen molar-refractivity contribution in [2.45, 2.75) is 38.2 Å². The predicted molar refractivity (Wildman–Crippen MR) is 80.5 cm³/mol. The summed E-state index contributed by atoms with van der Waals surface area (Å²) in [5, 5.41) is 14.6. The van der Waals surface area contributed by atoms with E-state index in [0.29, 0.717) is 17.7 Å². The number of methoxy groups -OCH3 is 1. The Morgan fingerprint density at radius 3 is 2.76 bits per heavy atom. The number of ether oxygens (including phenoxy) is 1. The highest BCUT2D eigenvalue weighted by atomic mass is 16.5. The van der Waals surface area contributed by atoms with Crippen molar-refractivity contribution in [3.63, 3.8) is 0 Å². The van der Waals surface area contributed by atoms with Crippen molar-refractivity contribution in [3.8, 4) is 0 Å². The first-order valence-electron chi connectivity index (χ1n) is 6.93. The molecule has 1 aromatic rings. The van der Waals surface area contributed by atoms with E-state index in [0.717, 1.165) is 24.8 Å². The molecule has 114 valence electrons. The first-order chi connectivity index (χ1) is 9.99. The van der Waals surface area contributed by atoms with Gasteiger partial charge in [0.2, 0.25) is 5.91 Å². The monoisotopic (exact) mass is 291 g/mol. The second kappa shape index (κ2) is 6.13. The lowest BCUT2D eigenvalue weighted by molar-refractivity contribution is -0.129. The minimum absolute atomic E-state index is 0.0119. The summed E-state index contributed by atoms with van der Waals surface area (Å²) >= 11 is 0. The first-order valence-corrected chi connectivity index (χ1v) is 6.93. The molecule has 0 saturated heterocycles. The highest BCUT2D eigenvalue weighted by Crippen LogP contribution is 2.38. The van der Waals surface area contributed by atoms with E-state index < -0.39 is 0 Å². The van der Waals surface area contributed by atoms with E-state index in [-0.39, 0.29) is 17.3 Å². The lowest BCUT2D eigenvalue weighted by atomic mass is 9.77. The van der Waals surface area contributed by atoms with E-state index in [1.165, 1.54) is 0 Å². The van der Waals surface area contributed by atoms with E-state index in [2.05, 4.69) is 10.5 Å². The molecule has 0 atom stereocenters. The molecule has 1 aliphatic rings. The highest BCUT2D eigenvalue weighted by Gasteiger charge is 2.39. The minimum atomic E-state index is -0.304. The Kier molecular flexibility index (Phi) is 4.47. The van der Waals surface area contributed by atoms with Crippen LogP contribution in [0, 0.1) is 6.92 Å². The van der Waals surface area contributed by atoms with Gasteiger partial charge in [0.05, 0.1) is 12.0 Å². The van der Waals surface area contributed by atoms with E-state index in [1.54, 1.807) is 19.2 Å². The SMILES string of the molecule is COC1(CC(=O)Nc2cc(/C(N)=N/O)ccc2C)CCC1. The van der Waals surface area contributed by atoms with E-state index in [9.17, 15) is 4.79 Å².